The molecule has 2 heterocycles. The van der Waals surface area contributed by atoms with Crippen molar-refractivity contribution in [2.45, 2.75) is 32.4 Å². The molecule has 5 heteroatoms. The van der Waals surface area contributed by atoms with E-state index in [1.54, 1.807) is 13.3 Å². The monoisotopic (exact) mass is 340 g/mol. The van der Waals surface area contributed by atoms with Crippen molar-refractivity contribution in [2.24, 2.45) is 4.99 Å². The van der Waals surface area contributed by atoms with Crippen LogP contribution in [-0.2, 0) is 19.5 Å². The van der Waals surface area contributed by atoms with Crippen LogP contribution in [0.4, 0.5) is 0 Å². The molecular weight excluding hydrogens is 312 g/mol. The molecule has 0 unspecified atom stereocenters. The summed E-state index contributed by atoms with van der Waals surface area (Å²) in [5, 5.41) is 6.67. The molecule has 0 amide bonds. The van der Waals surface area contributed by atoms with Crippen LogP contribution in [0.5, 0.6) is 0 Å². The first-order valence-electron chi connectivity index (χ1n) is 9.10. The molecule has 5 nitrogen and oxygen atoms in total. The highest BCUT2D eigenvalue weighted by Crippen LogP contribution is 2.13. The van der Waals surface area contributed by atoms with E-state index in [0.29, 0.717) is 0 Å². The summed E-state index contributed by atoms with van der Waals surface area (Å²) in [6, 6.07) is 12.8. The number of likely N-dealkylation sites (tertiary alicyclic amines) is 1. The zero-order valence-corrected chi connectivity index (χ0v) is 15.0. The fourth-order valence-electron chi connectivity index (χ4n) is 3.13. The van der Waals surface area contributed by atoms with E-state index in [1.165, 1.54) is 37.1 Å². The average molecular weight is 340 g/mol. The Bertz CT molecular complexity index is 643. The van der Waals surface area contributed by atoms with Crippen molar-refractivity contribution in [3.05, 3.63) is 59.5 Å². The molecule has 2 aromatic rings. The first kappa shape index (κ1) is 17.5. The molecular formula is C20H28N4O. The van der Waals surface area contributed by atoms with Crippen LogP contribution in [0, 0.1) is 0 Å². The standard InChI is InChI=1S/C20H28N4O/c1-21-20(22-11-10-19-5-4-14-25-19)23-15-17-6-8-18(9-7-17)16-24-12-2-3-13-24/h4-9,14H,2-3,10-13,15-16H2,1H3,(H2,21,22,23). The van der Waals surface area contributed by atoms with Gasteiger partial charge in [0.1, 0.15) is 5.76 Å². The van der Waals surface area contributed by atoms with Crippen LogP contribution in [0.3, 0.4) is 0 Å². The van der Waals surface area contributed by atoms with E-state index in [1.807, 2.05) is 12.1 Å². The van der Waals surface area contributed by atoms with Gasteiger partial charge in [0.15, 0.2) is 5.96 Å². The Morgan fingerprint density at radius 2 is 1.84 bits per heavy atom. The number of nitrogens with zero attached hydrogens (tertiary/aromatic N) is 2. The van der Waals surface area contributed by atoms with Crippen LogP contribution in [0.15, 0.2) is 52.1 Å². The molecule has 1 saturated heterocycles. The summed E-state index contributed by atoms with van der Waals surface area (Å²) >= 11 is 0. The maximum atomic E-state index is 5.33. The van der Waals surface area contributed by atoms with Gasteiger partial charge in [0.25, 0.3) is 0 Å². The molecule has 0 bridgehead atoms. The number of guanidine groups is 1. The number of hydrogen-bond acceptors (Lipinski definition) is 3. The van der Waals surface area contributed by atoms with Crippen LogP contribution in [0.1, 0.15) is 29.7 Å². The minimum absolute atomic E-state index is 0.768. The minimum Gasteiger partial charge on any atom is -0.469 e. The van der Waals surface area contributed by atoms with Gasteiger partial charge in [-0.1, -0.05) is 24.3 Å². The van der Waals surface area contributed by atoms with Crippen molar-refractivity contribution in [3.8, 4) is 0 Å². The first-order valence-corrected chi connectivity index (χ1v) is 9.10. The Hall–Kier alpha value is -2.27. The van der Waals surface area contributed by atoms with Crippen LogP contribution in [0.2, 0.25) is 0 Å². The second kappa shape index (κ2) is 9.28. The van der Waals surface area contributed by atoms with E-state index >= 15 is 0 Å². The van der Waals surface area contributed by atoms with Gasteiger partial charge in [-0.05, 0) is 49.2 Å². The second-order valence-electron chi connectivity index (χ2n) is 6.48. The van der Waals surface area contributed by atoms with Gasteiger partial charge in [0.2, 0.25) is 0 Å². The molecule has 1 aliphatic heterocycles. The van der Waals surface area contributed by atoms with E-state index < -0.39 is 0 Å². The molecule has 0 atom stereocenters. The highest BCUT2D eigenvalue weighted by molar-refractivity contribution is 5.79. The zero-order valence-electron chi connectivity index (χ0n) is 15.0. The van der Waals surface area contributed by atoms with Crippen molar-refractivity contribution >= 4 is 5.96 Å². The summed E-state index contributed by atoms with van der Waals surface area (Å²) in [5.41, 5.74) is 2.66. The number of benzene rings is 1. The van der Waals surface area contributed by atoms with Crippen LogP contribution in [0.25, 0.3) is 0 Å². The summed E-state index contributed by atoms with van der Waals surface area (Å²) in [5.74, 6) is 1.80. The zero-order chi connectivity index (χ0) is 17.3. The molecule has 25 heavy (non-hydrogen) atoms. The lowest BCUT2D eigenvalue weighted by Crippen LogP contribution is -2.37. The Labute approximate surface area is 150 Å². The Kier molecular flexibility index (Phi) is 6.51. The quantitative estimate of drug-likeness (QED) is 0.601. The molecule has 2 N–H and O–H groups in total. The normalized spacial score (nSPS) is 15.5. The summed E-state index contributed by atoms with van der Waals surface area (Å²) in [6.07, 6.45) is 5.23. The van der Waals surface area contributed by atoms with Gasteiger partial charge in [-0.2, -0.15) is 0 Å². The number of nitrogens with one attached hydrogen (secondary N) is 2. The Balaban J connectivity index is 1.40. The third-order valence-corrected chi connectivity index (χ3v) is 4.56. The average Bonchev–Trinajstić information content (AvgIpc) is 3.33. The maximum Gasteiger partial charge on any atom is 0.191 e. The number of rotatable bonds is 7. The van der Waals surface area contributed by atoms with E-state index in [4.69, 9.17) is 4.42 Å². The van der Waals surface area contributed by atoms with E-state index in [2.05, 4.69) is 44.8 Å². The summed E-state index contributed by atoms with van der Waals surface area (Å²) in [7, 11) is 1.79. The molecule has 1 aromatic heterocycles. The highest BCUT2D eigenvalue weighted by Gasteiger charge is 2.11. The van der Waals surface area contributed by atoms with Crippen LogP contribution in [-0.4, -0.2) is 37.5 Å². The third-order valence-electron chi connectivity index (χ3n) is 4.56. The molecule has 0 aliphatic carbocycles. The Morgan fingerprint density at radius 3 is 2.52 bits per heavy atom. The van der Waals surface area contributed by atoms with Gasteiger partial charge in [0, 0.05) is 33.1 Å². The lowest BCUT2D eigenvalue weighted by atomic mass is 10.1. The van der Waals surface area contributed by atoms with E-state index in [9.17, 15) is 0 Å². The molecule has 1 aromatic carbocycles. The maximum absolute atomic E-state index is 5.33. The summed E-state index contributed by atoms with van der Waals surface area (Å²) in [4.78, 5) is 6.79. The van der Waals surface area contributed by atoms with Crippen molar-refractivity contribution in [1.29, 1.82) is 0 Å². The summed E-state index contributed by atoms with van der Waals surface area (Å²) in [6.45, 7) is 5.11. The van der Waals surface area contributed by atoms with Gasteiger partial charge < -0.3 is 15.1 Å². The van der Waals surface area contributed by atoms with Crippen molar-refractivity contribution in [3.63, 3.8) is 0 Å². The molecule has 134 valence electrons. The van der Waals surface area contributed by atoms with Crippen molar-refractivity contribution in [1.82, 2.24) is 15.5 Å². The molecule has 0 saturated carbocycles. The predicted octanol–water partition coefficient (Wildman–Crippen LogP) is 2.78. The van der Waals surface area contributed by atoms with Crippen LogP contribution < -0.4 is 10.6 Å². The van der Waals surface area contributed by atoms with E-state index in [0.717, 1.165) is 37.8 Å². The van der Waals surface area contributed by atoms with Gasteiger partial charge in [-0.25, -0.2) is 0 Å². The summed E-state index contributed by atoms with van der Waals surface area (Å²) < 4.78 is 5.33. The first-order chi connectivity index (χ1) is 12.3. The van der Waals surface area contributed by atoms with Gasteiger partial charge in [0.05, 0.1) is 6.26 Å². The third kappa shape index (κ3) is 5.64. The molecule has 3 rings (SSSR count). The van der Waals surface area contributed by atoms with Crippen molar-refractivity contribution < 1.29 is 4.42 Å². The predicted molar refractivity (Wildman–Crippen MR) is 102 cm³/mol. The lowest BCUT2D eigenvalue weighted by Gasteiger charge is -2.15. The highest BCUT2D eigenvalue weighted by atomic mass is 16.3. The second-order valence-corrected chi connectivity index (χ2v) is 6.48. The number of furan rings is 1. The largest absolute Gasteiger partial charge is 0.469 e. The molecule has 1 aliphatic rings. The van der Waals surface area contributed by atoms with Crippen LogP contribution >= 0.6 is 0 Å². The fourth-order valence-corrected chi connectivity index (χ4v) is 3.13. The SMILES string of the molecule is CN=C(NCCc1ccco1)NCc1ccc(CN2CCCC2)cc1. The van der Waals surface area contributed by atoms with Crippen molar-refractivity contribution in [2.75, 3.05) is 26.7 Å². The topological polar surface area (TPSA) is 52.8 Å². The van der Waals surface area contributed by atoms with Gasteiger partial charge in [-0.15, -0.1) is 0 Å². The van der Waals surface area contributed by atoms with E-state index in [-0.39, 0.29) is 0 Å². The molecule has 0 spiro atoms. The lowest BCUT2D eigenvalue weighted by molar-refractivity contribution is 0.331. The number of hydrogen-bond donors (Lipinski definition) is 2. The smallest absolute Gasteiger partial charge is 0.191 e. The Morgan fingerprint density at radius 1 is 1.08 bits per heavy atom. The molecule has 1 fully saturated rings. The van der Waals surface area contributed by atoms with Gasteiger partial charge in [-0.3, -0.25) is 9.89 Å². The van der Waals surface area contributed by atoms with Gasteiger partial charge >= 0.3 is 0 Å². The molecule has 0 radical (unpaired) electrons. The number of aliphatic imine (C=N–C) groups is 1. The fraction of sp³-hybridized carbons (Fsp3) is 0.450. The minimum atomic E-state index is 0.768.